The SMILES string of the molecule is Cc1cc(Sc2ccncn2)ccc1C(=O)O. The highest BCUT2D eigenvalue weighted by molar-refractivity contribution is 7.99. The Labute approximate surface area is 103 Å². The van der Waals surface area contributed by atoms with Crippen LogP contribution in [0.4, 0.5) is 0 Å². The summed E-state index contributed by atoms with van der Waals surface area (Å²) in [6.07, 6.45) is 3.16. The highest BCUT2D eigenvalue weighted by atomic mass is 32.2. The first kappa shape index (κ1) is 11.6. The highest BCUT2D eigenvalue weighted by Gasteiger charge is 2.07. The van der Waals surface area contributed by atoms with E-state index in [1.54, 1.807) is 25.3 Å². The number of nitrogens with zero attached hydrogens (tertiary/aromatic N) is 2. The third-order valence-electron chi connectivity index (χ3n) is 2.21. The standard InChI is InChI=1S/C12H10N2O2S/c1-8-6-9(2-3-10(8)12(15)16)17-11-4-5-13-7-14-11/h2-7H,1H3,(H,15,16). The molecule has 0 fully saturated rings. The third kappa shape index (κ3) is 2.82. The molecule has 1 heterocycles. The van der Waals surface area contributed by atoms with Crippen LogP contribution in [-0.4, -0.2) is 21.0 Å². The van der Waals surface area contributed by atoms with Gasteiger partial charge in [-0.05, 0) is 36.8 Å². The summed E-state index contributed by atoms with van der Waals surface area (Å²) in [6, 6.07) is 7.05. The molecule has 5 heteroatoms. The third-order valence-corrected chi connectivity index (χ3v) is 3.15. The van der Waals surface area contributed by atoms with Gasteiger partial charge in [-0.3, -0.25) is 0 Å². The van der Waals surface area contributed by atoms with Crippen molar-refractivity contribution in [1.82, 2.24) is 9.97 Å². The predicted molar refractivity (Wildman–Crippen MR) is 64.3 cm³/mol. The van der Waals surface area contributed by atoms with Gasteiger partial charge in [-0.25, -0.2) is 14.8 Å². The second kappa shape index (κ2) is 4.97. The van der Waals surface area contributed by atoms with E-state index in [0.29, 0.717) is 5.56 Å². The lowest BCUT2D eigenvalue weighted by molar-refractivity contribution is 0.0696. The summed E-state index contributed by atoms with van der Waals surface area (Å²) in [7, 11) is 0. The molecule has 0 amide bonds. The van der Waals surface area contributed by atoms with Gasteiger partial charge in [-0.1, -0.05) is 11.8 Å². The van der Waals surface area contributed by atoms with E-state index in [2.05, 4.69) is 9.97 Å². The molecule has 0 bridgehead atoms. The van der Waals surface area contributed by atoms with Gasteiger partial charge in [0, 0.05) is 11.1 Å². The van der Waals surface area contributed by atoms with Gasteiger partial charge in [0.25, 0.3) is 0 Å². The number of carboxylic acids is 1. The molecule has 1 aromatic carbocycles. The van der Waals surface area contributed by atoms with E-state index in [1.165, 1.54) is 18.1 Å². The number of hydrogen-bond donors (Lipinski definition) is 1. The van der Waals surface area contributed by atoms with Gasteiger partial charge < -0.3 is 5.11 Å². The molecule has 1 aromatic heterocycles. The summed E-state index contributed by atoms with van der Waals surface area (Å²) in [5.74, 6) is -0.902. The number of carbonyl (C=O) groups is 1. The molecule has 2 aromatic rings. The summed E-state index contributed by atoms with van der Waals surface area (Å²) in [5, 5.41) is 9.75. The summed E-state index contributed by atoms with van der Waals surface area (Å²) < 4.78 is 0. The molecule has 17 heavy (non-hydrogen) atoms. The minimum atomic E-state index is -0.902. The first-order valence-corrected chi connectivity index (χ1v) is 5.76. The quantitative estimate of drug-likeness (QED) is 0.843. The summed E-state index contributed by atoms with van der Waals surface area (Å²) >= 11 is 1.48. The van der Waals surface area contributed by atoms with E-state index in [0.717, 1.165) is 15.5 Å². The van der Waals surface area contributed by atoms with Crippen LogP contribution in [0.1, 0.15) is 15.9 Å². The molecule has 0 aliphatic heterocycles. The highest BCUT2D eigenvalue weighted by Crippen LogP contribution is 2.27. The van der Waals surface area contributed by atoms with Gasteiger partial charge in [0.1, 0.15) is 11.4 Å². The van der Waals surface area contributed by atoms with Crippen LogP contribution in [0, 0.1) is 6.92 Å². The van der Waals surface area contributed by atoms with Crippen LogP contribution in [0.5, 0.6) is 0 Å². The molecule has 4 nitrogen and oxygen atoms in total. The van der Waals surface area contributed by atoms with Crippen molar-refractivity contribution in [2.24, 2.45) is 0 Å². The maximum Gasteiger partial charge on any atom is 0.335 e. The zero-order chi connectivity index (χ0) is 12.3. The lowest BCUT2D eigenvalue weighted by Crippen LogP contribution is -1.99. The number of aromatic carboxylic acids is 1. The minimum Gasteiger partial charge on any atom is -0.478 e. The molecule has 86 valence electrons. The molecule has 0 saturated carbocycles. The molecule has 2 rings (SSSR count). The van der Waals surface area contributed by atoms with E-state index >= 15 is 0 Å². The van der Waals surface area contributed by atoms with Crippen molar-refractivity contribution >= 4 is 17.7 Å². The van der Waals surface area contributed by atoms with Crippen LogP contribution < -0.4 is 0 Å². The summed E-state index contributed by atoms with van der Waals surface area (Å²) in [5.41, 5.74) is 1.08. The number of aromatic nitrogens is 2. The first-order chi connectivity index (χ1) is 8.16. The van der Waals surface area contributed by atoms with Crippen molar-refractivity contribution < 1.29 is 9.90 Å². The Morgan fingerprint density at radius 2 is 2.18 bits per heavy atom. The number of hydrogen-bond acceptors (Lipinski definition) is 4. The number of benzene rings is 1. The predicted octanol–water partition coefficient (Wildman–Crippen LogP) is 2.63. The second-order valence-corrected chi connectivity index (χ2v) is 4.53. The number of aryl methyl sites for hydroxylation is 1. The lowest BCUT2D eigenvalue weighted by Gasteiger charge is -2.04. The molecule has 0 atom stereocenters. The molecule has 0 aliphatic carbocycles. The Kier molecular flexibility index (Phi) is 3.39. The van der Waals surface area contributed by atoms with Gasteiger partial charge >= 0.3 is 5.97 Å². The smallest absolute Gasteiger partial charge is 0.335 e. The maximum atomic E-state index is 10.9. The topological polar surface area (TPSA) is 63.1 Å². The van der Waals surface area contributed by atoms with Crippen molar-refractivity contribution in [2.75, 3.05) is 0 Å². The van der Waals surface area contributed by atoms with E-state index in [4.69, 9.17) is 5.11 Å². The average Bonchev–Trinajstić information content (AvgIpc) is 2.30. The maximum absolute atomic E-state index is 10.9. The van der Waals surface area contributed by atoms with E-state index in [1.807, 2.05) is 12.1 Å². The van der Waals surface area contributed by atoms with Gasteiger partial charge in [0.15, 0.2) is 0 Å². The molecule has 1 N–H and O–H groups in total. The zero-order valence-electron chi connectivity index (χ0n) is 9.12. The fourth-order valence-corrected chi connectivity index (χ4v) is 2.24. The Morgan fingerprint density at radius 1 is 1.35 bits per heavy atom. The largest absolute Gasteiger partial charge is 0.478 e. The Bertz CT molecular complexity index is 543. The van der Waals surface area contributed by atoms with Crippen LogP contribution in [0.25, 0.3) is 0 Å². The van der Waals surface area contributed by atoms with Crippen LogP contribution in [-0.2, 0) is 0 Å². The molecule has 0 saturated heterocycles. The average molecular weight is 246 g/mol. The molecule has 0 spiro atoms. The molecule has 0 unspecified atom stereocenters. The van der Waals surface area contributed by atoms with Gasteiger partial charge in [0.05, 0.1) is 5.56 Å². The van der Waals surface area contributed by atoms with Crippen molar-refractivity contribution in [3.63, 3.8) is 0 Å². The zero-order valence-corrected chi connectivity index (χ0v) is 9.94. The molecule has 0 aliphatic rings. The van der Waals surface area contributed by atoms with E-state index < -0.39 is 5.97 Å². The van der Waals surface area contributed by atoms with Crippen LogP contribution in [0.15, 0.2) is 46.7 Å². The van der Waals surface area contributed by atoms with Crippen LogP contribution in [0.2, 0.25) is 0 Å². The van der Waals surface area contributed by atoms with Gasteiger partial charge in [-0.2, -0.15) is 0 Å². The monoisotopic (exact) mass is 246 g/mol. The fourth-order valence-electron chi connectivity index (χ4n) is 1.40. The van der Waals surface area contributed by atoms with Crippen molar-refractivity contribution in [3.8, 4) is 0 Å². The molecule has 0 radical (unpaired) electrons. The normalized spacial score (nSPS) is 10.2. The molecular weight excluding hydrogens is 236 g/mol. The Morgan fingerprint density at radius 3 is 2.76 bits per heavy atom. The van der Waals surface area contributed by atoms with Crippen LogP contribution in [0.3, 0.4) is 0 Å². The minimum absolute atomic E-state index is 0.331. The van der Waals surface area contributed by atoms with Gasteiger partial charge in [-0.15, -0.1) is 0 Å². The van der Waals surface area contributed by atoms with E-state index in [-0.39, 0.29) is 0 Å². The fraction of sp³-hybridized carbons (Fsp3) is 0.0833. The summed E-state index contributed by atoms with van der Waals surface area (Å²) in [6.45, 7) is 1.79. The van der Waals surface area contributed by atoms with E-state index in [9.17, 15) is 4.79 Å². The van der Waals surface area contributed by atoms with Crippen LogP contribution >= 0.6 is 11.8 Å². The second-order valence-electron chi connectivity index (χ2n) is 3.43. The van der Waals surface area contributed by atoms with Crippen molar-refractivity contribution in [1.29, 1.82) is 0 Å². The van der Waals surface area contributed by atoms with Gasteiger partial charge in [0.2, 0.25) is 0 Å². The number of carboxylic acid groups (broad SMARTS) is 1. The number of rotatable bonds is 3. The van der Waals surface area contributed by atoms with Crippen molar-refractivity contribution in [3.05, 3.63) is 47.9 Å². The molecular formula is C12H10N2O2S. The lowest BCUT2D eigenvalue weighted by atomic mass is 10.1. The van der Waals surface area contributed by atoms with Crippen molar-refractivity contribution in [2.45, 2.75) is 16.8 Å². The first-order valence-electron chi connectivity index (χ1n) is 4.94. The Hall–Kier alpha value is -1.88. The Balaban J connectivity index is 2.24. The summed E-state index contributed by atoms with van der Waals surface area (Å²) in [4.78, 5) is 19.8.